The Balaban J connectivity index is 2.38. The molecule has 1 N–H and O–H groups in total. The molecule has 0 aromatic carbocycles. The Morgan fingerprint density at radius 3 is 2.88 bits per heavy atom. The third-order valence-corrected chi connectivity index (χ3v) is 3.13. The van der Waals surface area contributed by atoms with Gasteiger partial charge in [0.2, 0.25) is 0 Å². The van der Waals surface area contributed by atoms with E-state index in [2.05, 4.69) is 4.98 Å². The van der Waals surface area contributed by atoms with Crippen LogP contribution in [-0.2, 0) is 0 Å². The topological polar surface area (TPSA) is 59.4 Å². The second-order valence-corrected chi connectivity index (χ2v) is 4.13. The van der Waals surface area contributed by atoms with E-state index in [-0.39, 0.29) is 0 Å². The molecule has 0 aliphatic carbocycles. The quantitative estimate of drug-likeness (QED) is 0.888. The molecule has 0 radical (unpaired) electrons. The molecular formula is C11H9NO3S. The molecule has 16 heavy (non-hydrogen) atoms. The summed E-state index contributed by atoms with van der Waals surface area (Å²) in [5, 5.41) is 8.81. The predicted octanol–water partition coefficient (Wildman–Crippen LogP) is 2.52. The summed E-state index contributed by atoms with van der Waals surface area (Å²) >= 11 is 1.20. The predicted molar refractivity (Wildman–Crippen MR) is 61.1 cm³/mol. The summed E-state index contributed by atoms with van der Waals surface area (Å²) in [4.78, 5) is 16.0. The van der Waals surface area contributed by atoms with Crippen molar-refractivity contribution in [1.29, 1.82) is 0 Å². The highest BCUT2D eigenvalue weighted by molar-refractivity contribution is 7.17. The molecule has 0 saturated heterocycles. The van der Waals surface area contributed by atoms with Gasteiger partial charge in [0.05, 0.1) is 17.7 Å². The average Bonchev–Trinajstić information content (AvgIpc) is 2.78. The SMILES string of the molecule is COc1ccnc(-c2ccc(C(=O)O)s2)c1. The molecule has 0 unspecified atom stereocenters. The number of ether oxygens (including phenoxy) is 1. The Hall–Kier alpha value is -1.88. The van der Waals surface area contributed by atoms with Crippen LogP contribution in [-0.4, -0.2) is 23.2 Å². The Bertz CT molecular complexity index is 521. The number of rotatable bonds is 3. The molecule has 0 aliphatic rings. The number of nitrogens with zero attached hydrogens (tertiary/aromatic N) is 1. The van der Waals surface area contributed by atoms with E-state index in [1.807, 2.05) is 0 Å². The Morgan fingerprint density at radius 1 is 1.44 bits per heavy atom. The summed E-state index contributed by atoms with van der Waals surface area (Å²) < 4.78 is 5.08. The minimum Gasteiger partial charge on any atom is -0.497 e. The molecule has 4 nitrogen and oxygen atoms in total. The first-order valence-electron chi connectivity index (χ1n) is 4.54. The van der Waals surface area contributed by atoms with E-state index >= 15 is 0 Å². The van der Waals surface area contributed by atoms with E-state index in [1.165, 1.54) is 11.3 Å². The van der Waals surface area contributed by atoms with Gasteiger partial charge < -0.3 is 9.84 Å². The van der Waals surface area contributed by atoms with Crippen molar-refractivity contribution in [1.82, 2.24) is 4.98 Å². The highest BCUT2D eigenvalue weighted by Crippen LogP contribution is 2.28. The van der Waals surface area contributed by atoms with Gasteiger partial charge in [0, 0.05) is 12.3 Å². The lowest BCUT2D eigenvalue weighted by Crippen LogP contribution is -1.89. The van der Waals surface area contributed by atoms with Gasteiger partial charge in [-0.15, -0.1) is 11.3 Å². The van der Waals surface area contributed by atoms with E-state index in [9.17, 15) is 4.79 Å². The highest BCUT2D eigenvalue weighted by atomic mass is 32.1. The van der Waals surface area contributed by atoms with Gasteiger partial charge in [-0.25, -0.2) is 4.79 Å². The van der Waals surface area contributed by atoms with Crippen LogP contribution in [0.2, 0.25) is 0 Å². The van der Waals surface area contributed by atoms with E-state index in [1.54, 1.807) is 37.6 Å². The Morgan fingerprint density at radius 2 is 2.25 bits per heavy atom. The molecule has 5 heteroatoms. The molecule has 82 valence electrons. The second-order valence-electron chi connectivity index (χ2n) is 3.05. The van der Waals surface area contributed by atoms with E-state index in [4.69, 9.17) is 9.84 Å². The molecule has 2 rings (SSSR count). The molecule has 0 amide bonds. The molecule has 0 saturated carbocycles. The third kappa shape index (κ3) is 2.04. The Kier molecular flexibility index (Phi) is 2.87. The summed E-state index contributed by atoms with van der Waals surface area (Å²) in [5.41, 5.74) is 0.719. The van der Waals surface area contributed by atoms with Crippen LogP contribution in [0.1, 0.15) is 9.67 Å². The van der Waals surface area contributed by atoms with E-state index in [0.29, 0.717) is 10.6 Å². The maximum atomic E-state index is 10.7. The van der Waals surface area contributed by atoms with Gasteiger partial charge in [-0.3, -0.25) is 4.98 Å². The van der Waals surface area contributed by atoms with Crippen molar-refractivity contribution in [2.75, 3.05) is 7.11 Å². The maximum absolute atomic E-state index is 10.7. The van der Waals surface area contributed by atoms with Crippen LogP contribution in [0.4, 0.5) is 0 Å². The van der Waals surface area contributed by atoms with Crippen molar-refractivity contribution in [2.45, 2.75) is 0 Å². The van der Waals surface area contributed by atoms with Gasteiger partial charge in [-0.2, -0.15) is 0 Å². The number of aromatic carboxylic acids is 1. The second kappa shape index (κ2) is 4.32. The number of carboxylic acids is 1. The zero-order valence-electron chi connectivity index (χ0n) is 8.51. The summed E-state index contributed by atoms with van der Waals surface area (Å²) in [6.45, 7) is 0. The summed E-state index contributed by atoms with van der Waals surface area (Å²) in [5.74, 6) is -0.213. The van der Waals surface area contributed by atoms with Gasteiger partial charge in [-0.1, -0.05) is 0 Å². The minimum atomic E-state index is -0.917. The Labute approximate surface area is 96.1 Å². The standard InChI is InChI=1S/C11H9NO3S/c1-15-7-4-5-12-8(6-7)9-2-3-10(16-9)11(13)14/h2-6H,1H3,(H,13,14). The number of hydrogen-bond donors (Lipinski definition) is 1. The molecule has 2 heterocycles. The molecule has 2 aromatic heterocycles. The summed E-state index contributed by atoms with van der Waals surface area (Å²) in [7, 11) is 1.58. The highest BCUT2D eigenvalue weighted by Gasteiger charge is 2.09. The first-order valence-corrected chi connectivity index (χ1v) is 5.36. The average molecular weight is 235 g/mol. The van der Waals surface area contributed by atoms with Crippen LogP contribution in [0.5, 0.6) is 5.75 Å². The smallest absolute Gasteiger partial charge is 0.345 e. The lowest BCUT2D eigenvalue weighted by molar-refractivity contribution is 0.0702. The van der Waals surface area contributed by atoms with E-state index in [0.717, 1.165) is 10.6 Å². The van der Waals surface area contributed by atoms with Crippen LogP contribution in [0.25, 0.3) is 10.6 Å². The number of hydrogen-bond acceptors (Lipinski definition) is 4. The van der Waals surface area contributed by atoms with Gasteiger partial charge >= 0.3 is 5.97 Å². The van der Waals surface area contributed by atoms with Crippen molar-refractivity contribution in [3.8, 4) is 16.3 Å². The van der Waals surface area contributed by atoms with Gasteiger partial charge in [0.1, 0.15) is 10.6 Å². The summed E-state index contributed by atoms with van der Waals surface area (Å²) in [6.07, 6.45) is 1.63. The number of methoxy groups -OCH3 is 1. The minimum absolute atomic E-state index is 0.305. The molecule has 0 spiro atoms. The molecule has 0 atom stereocenters. The molecule has 0 fully saturated rings. The normalized spacial score (nSPS) is 10.1. The summed E-state index contributed by atoms with van der Waals surface area (Å²) in [6, 6.07) is 6.84. The van der Waals surface area contributed by atoms with E-state index < -0.39 is 5.97 Å². The fourth-order valence-electron chi connectivity index (χ4n) is 1.26. The first kappa shape index (κ1) is 10.6. The molecular weight excluding hydrogens is 226 g/mol. The fourth-order valence-corrected chi connectivity index (χ4v) is 2.08. The number of aromatic nitrogens is 1. The largest absolute Gasteiger partial charge is 0.497 e. The lowest BCUT2D eigenvalue weighted by atomic mass is 10.3. The first-order chi connectivity index (χ1) is 7.70. The number of pyridine rings is 1. The third-order valence-electron chi connectivity index (χ3n) is 2.04. The van der Waals surface area contributed by atoms with Crippen molar-refractivity contribution in [3.05, 3.63) is 35.3 Å². The monoisotopic (exact) mass is 235 g/mol. The van der Waals surface area contributed by atoms with Gasteiger partial charge in [0.15, 0.2) is 0 Å². The zero-order valence-corrected chi connectivity index (χ0v) is 9.32. The zero-order chi connectivity index (χ0) is 11.5. The number of thiophene rings is 1. The van der Waals surface area contributed by atoms with Crippen LogP contribution < -0.4 is 4.74 Å². The number of carboxylic acid groups (broad SMARTS) is 1. The van der Waals surface area contributed by atoms with Crippen LogP contribution >= 0.6 is 11.3 Å². The van der Waals surface area contributed by atoms with Crippen molar-refractivity contribution in [3.63, 3.8) is 0 Å². The molecule has 2 aromatic rings. The van der Waals surface area contributed by atoms with Crippen molar-refractivity contribution < 1.29 is 14.6 Å². The van der Waals surface area contributed by atoms with Crippen LogP contribution in [0.15, 0.2) is 30.5 Å². The van der Waals surface area contributed by atoms with Crippen molar-refractivity contribution >= 4 is 17.3 Å². The van der Waals surface area contributed by atoms with Gasteiger partial charge in [-0.05, 0) is 18.2 Å². The lowest BCUT2D eigenvalue weighted by Gasteiger charge is -2.00. The van der Waals surface area contributed by atoms with Crippen LogP contribution in [0, 0.1) is 0 Å². The maximum Gasteiger partial charge on any atom is 0.345 e. The number of carbonyl (C=O) groups is 1. The molecule has 0 aliphatic heterocycles. The van der Waals surface area contributed by atoms with Gasteiger partial charge in [0.25, 0.3) is 0 Å². The van der Waals surface area contributed by atoms with Crippen LogP contribution in [0.3, 0.4) is 0 Å². The fraction of sp³-hybridized carbons (Fsp3) is 0.0909. The molecule has 0 bridgehead atoms. The van der Waals surface area contributed by atoms with Crippen molar-refractivity contribution in [2.24, 2.45) is 0 Å².